The topological polar surface area (TPSA) is 84.9 Å². The maximum Gasteiger partial charge on any atom is 0.343 e. The Labute approximate surface area is 147 Å². The first kappa shape index (κ1) is 18.8. The normalized spacial score (nSPS) is 16.9. The van der Waals surface area contributed by atoms with E-state index in [4.69, 9.17) is 4.74 Å². The SMILES string of the molecule is COC(=O)COc1ccc(NC(=O)C2CC(=O)N(C(C)C)C2)c(C)c1. The van der Waals surface area contributed by atoms with Gasteiger partial charge < -0.3 is 19.7 Å². The second kappa shape index (κ2) is 8.00. The molecule has 7 heteroatoms. The first-order valence-corrected chi connectivity index (χ1v) is 8.22. The van der Waals surface area contributed by atoms with Crippen LogP contribution in [0.3, 0.4) is 0 Å². The van der Waals surface area contributed by atoms with Crippen molar-refractivity contribution in [3.05, 3.63) is 23.8 Å². The van der Waals surface area contributed by atoms with Crippen LogP contribution in [0.1, 0.15) is 25.8 Å². The molecule has 7 nitrogen and oxygen atoms in total. The zero-order valence-electron chi connectivity index (χ0n) is 15.0. The van der Waals surface area contributed by atoms with Gasteiger partial charge in [0.2, 0.25) is 11.8 Å². The highest BCUT2D eigenvalue weighted by molar-refractivity contribution is 5.97. The average Bonchev–Trinajstić information content (AvgIpc) is 2.97. The van der Waals surface area contributed by atoms with Gasteiger partial charge in [-0.05, 0) is 44.5 Å². The van der Waals surface area contributed by atoms with Crippen LogP contribution >= 0.6 is 0 Å². The molecule has 0 bridgehead atoms. The highest BCUT2D eigenvalue weighted by Crippen LogP contribution is 2.25. The van der Waals surface area contributed by atoms with E-state index < -0.39 is 5.97 Å². The second-order valence-corrected chi connectivity index (χ2v) is 6.37. The molecule has 0 aliphatic carbocycles. The minimum Gasteiger partial charge on any atom is -0.482 e. The number of ether oxygens (including phenoxy) is 2. The van der Waals surface area contributed by atoms with Crippen LogP contribution in [0, 0.1) is 12.8 Å². The molecule has 2 rings (SSSR count). The molecule has 136 valence electrons. The quantitative estimate of drug-likeness (QED) is 0.792. The summed E-state index contributed by atoms with van der Waals surface area (Å²) in [6, 6.07) is 5.22. The number of amides is 2. The summed E-state index contributed by atoms with van der Waals surface area (Å²) < 4.78 is 9.83. The Morgan fingerprint density at radius 1 is 1.36 bits per heavy atom. The number of methoxy groups -OCH3 is 1. The number of carbonyl (C=O) groups is 3. The Morgan fingerprint density at radius 2 is 2.08 bits per heavy atom. The van der Waals surface area contributed by atoms with Crippen LogP contribution in [-0.4, -0.2) is 49.0 Å². The number of hydrogen-bond donors (Lipinski definition) is 1. The van der Waals surface area contributed by atoms with E-state index >= 15 is 0 Å². The molecule has 1 atom stereocenters. The Hall–Kier alpha value is -2.57. The molecular weight excluding hydrogens is 324 g/mol. The summed E-state index contributed by atoms with van der Waals surface area (Å²) in [6.45, 7) is 5.99. The van der Waals surface area contributed by atoms with Crippen molar-refractivity contribution in [3.8, 4) is 5.75 Å². The van der Waals surface area contributed by atoms with Crippen molar-refractivity contribution in [2.24, 2.45) is 5.92 Å². The zero-order chi connectivity index (χ0) is 18.6. The van der Waals surface area contributed by atoms with Gasteiger partial charge in [-0.2, -0.15) is 0 Å². The lowest BCUT2D eigenvalue weighted by Crippen LogP contribution is -2.33. The number of nitrogens with zero attached hydrogens (tertiary/aromatic N) is 1. The minimum absolute atomic E-state index is 0.0124. The summed E-state index contributed by atoms with van der Waals surface area (Å²) in [4.78, 5) is 37.2. The Morgan fingerprint density at radius 3 is 2.64 bits per heavy atom. The Kier molecular flexibility index (Phi) is 6.01. The molecule has 1 aliphatic heterocycles. The van der Waals surface area contributed by atoms with Gasteiger partial charge in [0.25, 0.3) is 0 Å². The van der Waals surface area contributed by atoms with Crippen LogP contribution in [0.15, 0.2) is 18.2 Å². The number of rotatable bonds is 6. The molecule has 1 N–H and O–H groups in total. The molecular formula is C18H24N2O5. The van der Waals surface area contributed by atoms with Crippen molar-refractivity contribution in [2.45, 2.75) is 33.2 Å². The predicted octanol–water partition coefficient (Wildman–Crippen LogP) is 1.74. The molecule has 1 fully saturated rings. The van der Waals surface area contributed by atoms with Crippen molar-refractivity contribution < 1.29 is 23.9 Å². The third kappa shape index (κ3) is 4.71. The third-order valence-electron chi connectivity index (χ3n) is 4.19. The lowest BCUT2D eigenvalue weighted by molar-refractivity contribution is -0.143. The molecule has 1 heterocycles. The van der Waals surface area contributed by atoms with Crippen molar-refractivity contribution >= 4 is 23.5 Å². The number of benzene rings is 1. The fourth-order valence-electron chi connectivity index (χ4n) is 2.71. The van der Waals surface area contributed by atoms with Gasteiger partial charge in [0.1, 0.15) is 5.75 Å². The molecule has 25 heavy (non-hydrogen) atoms. The fourth-order valence-corrected chi connectivity index (χ4v) is 2.71. The number of nitrogens with one attached hydrogen (secondary N) is 1. The number of aryl methyl sites for hydroxylation is 1. The molecule has 0 aromatic heterocycles. The van der Waals surface area contributed by atoms with Crippen LogP contribution in [0.2, 0.25) is 0 Å². The van der Waals surface area contributed by atoms with Crippen molar-refractivity contribution in [1.82, 2.24) is 4.90 Å². The number of esters is 1. The Balaban J connectivity index is 1.97. The maximum atomic E-state index is 12.4. The van der Waals surface area contributed by atoms with Crippen LogP contribution in [0.5, 0.6) is 5.75 Å². The molecule has 2 amide bonds. The summed E-state index contributed by atoms with van der Waals surface area (Å²) in [5.74, 6) is -0.440. The van der Waals surface area contributed by atoms with E-state index in [2.05, 4.69) is 10.1 Å². The van der Waals surface area contributed by atoms with E-state index in [1.807, 2.05) is 20.8 Å². The van der Waals surface area contributed by atoms with E-state index in [1.54, 1.807) is 23.1 Å². The van der Waals surface area contributed by atoms with E-state index in [0.29, 0.717) is 18.0 Å². The van der Waals surface area contributed by atoms with E-state index in [1.165, 1.54) is 7.11 Å². The summed E-state index contributed by atoms with van der Waals surface area (Å²) in [6.07, 6.45) is 0.239. The lowest BCUT2D eigenvalue weighted by atomic mass is 10.1. The van der Waals surface area contributed by atoms with Crippen molar-refractivity contribution in [2.75, 3.05) is 25.6 Å². The third-order valence-corrected chi connectivity index (χ3v) is 4.19. The average molecular weight is 348 g/mol. The van der Waals surface area contributed by atoms with Gasteiger partial charge in [0, 0.05) is 24.7 Å². The largest absolute Gasteiger partial charge is 0.482 e. The van der Waals surface area contributed by atoms with Gasteiger partial charge in [-0.1, -0.05) is 0 Å². The highest BCUT2D eigenvalue weighted by Gasteiger charge is 2.35. The molecule has 1 aromatic rings. The smallest absolute Gasteiger partial charge is 0.343 e. The van der Waals surface area contributed by atoms with E-state index in [-0.39, 0.29) is 36.8 Å². The molecule has 0 saturated carbocycles. The van der Waals surface area contributed by atoms with Crippen LogP contribution < -0.4 is 10.1 Å². The van der Waals surface area contributed by atoms with Gasteiger partial charge in [0.15, 0.2) is 6.61 Å². The van der Waals surface area contributed by atoms with Gasteiger partial charge in [-0.15, -0.1) is 0 Å². The molecule has 0 radical (unpaired) electrons. The molecule has 0 spiro atoms. The highest BCUT2D eigenvalue weighted by atomic mass is 16.6. The number of hydrogen-bond acceptors (Lipinski definition) is 5. The summed E-state index contributed by atoms with van der Waals surface area (Å²) in [5, 5.41) is 2.87. The van der Waals surface area contributed by atoms with E-state index in [9.17, 15) is 14.4 Å². The Bertz CT molecular complexity index is 671. The number of likely N-dealkylation sites (tertiary alicyclic amines) is 1. The van der Waals surface area contributed by atoms with Crippen LogP contribution in [-0.2, 0) is 19.1 Å². The molecule has 1 unspecified atom stereocenters. The summed E-state index contributed by atoms with van der Waals surface area (Å²) >= 11 is 0. The number of anilines is 1. The first-order valence-electron chi connectivity index (χ1n) is 8.22. The number of carbonyl (C=O) groups excluding carboxylic acids is 3. The van der Waals surface area contributed by atoms with Crippen molar-refractivity contribution in [3.63, 3.8) is 0 Å². The summed E-state index contributed by atoms with van der Waals surface area (Å²) in [7, 11) is 1.30. The predicted molar refractivity (Wildman–Crippen MR) is 92.3 cm³/mol. The standard InChI is InChI=1S/C18H24N2O5/c1-11(2)20-9-13(8-16(20)21)18(23)19-15-6-5-14(7-12(15)3)25-10-17(22)24-4/h5-7,11,13H,8-10H2,1-4H3,(H,19,23). The fraction of sp³-hybridized carbons (Fsp3) is 0.500. The molecule has 1 aromatic carbocycles. The summed E-state index contributed by atoms with van der Waals surface area (Å²) in [5.41, 5.74) is 1.46. The molecule has 1 aliphatic rings. The van der Waals surface area contributed by atoms with Gasteiger partial charge in [-0.25, -0.2) is 4.79 Å². The second-order valence-electron chi connectivity index (χ2n) is 6.37. The van der Waals surface area contributed by atoms with Crippen LogP contribution in [0.4, 0.5) is 5.69 Å². The molecule has 1 saturated heterocycles. The zero-order valence-corrected chi connectivity index (χ0v) is 15.0. The maximum absolute atomic E-state index is 12.4. The lowest BCUT2D eigenvalue weighted by Gasteiger charge is -2.20. The van der Waals surface area contributed by atoms with Crippen molar-refractivity contribution in [1.29, 1.82) is 0 Å². The van der Waals surface area contributed by atoms with Crippen LogP contribution in [0.25, 0.3) is 0 Å². The first-order chi connectivity index (χ1) is 11.8. The monoisotopic (exact) mass is 348 g/mol. The van der Waals surface area contributed by atoms with Gasteiger partial charge in [0.05, 0.1) is 13.0 Å². The van der Waals surface area contributed by atoms with Gasteiger partial charge in [-0.3, -0.25) is 9.59 Å². The minimum atomic E-state index is -0.462. The van der Waals surface area contributed by atoms with Gasteiger partial charge >= 0.3 is 5.97 Å². The van der Waals surface area contributed by atoms with E-state index in [0.717, 1.165) is 5.56 Å².